The molecule has 5 heteroatoms. The van der Waals surface area contributed by atoms with Crippen LogP contribution < -0.4 is 4.90 Å². The Morgan fingerprint density at radius 1 is 1.33 bits per heavy atom. The summed E-state index contributed by atoms with van der Waals surface area (Å²) in [5.41, 5.74) is 1.35. The Labute approximate surface area is 106 Å². The fourth-order valence-electron chi connectivity index (χ4n) is 1.99. The van der Waals surface area contributed by atoms with E-state index >= 15 is 0 Å². The maximum atomic E-state index is 11.8. The number of Topliss-reactive ketones (excluding diaryl/α,β-unsaturated/α-hetero) is 1. The lowest BCUT2D eigenvalue weighted by atomic mass is 10.2. The Kier molecular flexibility index (Phi) is 3.60. The minimum absolute atomic E-state index is 0.0479. The number of pyridine rings is 1. The van der Waals surface area contributed by atoms with Crippen LogP contribution in [0.25, 0.3) is 0 Å². The average Bonchev–Trinajstić information content (AvgIpc) is 2.52. The molecule has 1 aliphatic rings. The highest BCUT2D eigenvalue weighted by Gasteiger charge is 2.19. The minimum Gasteiger partial charge on any atom is -0.361 e. The van der Waals surface area contributed by atoms with E-state index in [1.54, 1.807) is 17.2 Å². The zero-order chi connectivity index (χ0) is 13.1. The molecule has 0 atom stereocenters. The predicted molar refractivity (Wildman–Crippen MR) is 68.7 cm³/mol. The van der Waals surface area contributed by atoms with Crippen LogP contribution in [0, 0.1) is 0 Å². The Hall–Kier alpha value is -1.91. The molecule has 96 valence electrons. The van der Waals surface area contributed by atoms with Crippen molar-refractivity contribution in [3.63, 3.8) is 0 Å². The summed E-state index contributed by atoms with van der Waals surface area (Å²) in [5.74, 6) is 0.0661. The molecule has 2 heterocycles. The quantitative estimate of drug-likeness (QED) is 0.730. The van der Waals surface area contributed by atoms with E-state index in [9.17, 15) is 9.59 Å². The summed E-state index contributed by atoms with van der Waals surface area (Å²) in [6.07, 6.45) is 2.60. The second-order valence-electron chi connectivity index (χ2n) is 4.55. The fourth-order valence-corrected chi connectivity index (χ4v) is 1.99. The molecule has 1 saturated heterocycles. The zero-order valence-corrected chi connectivity index (χ0v) is 10.7. The lowest BCUT2D eigenvalue weighted by Gasteiger charge is -2.21. The molecular formula is C13H17N3O2. The third kappa shape index (κ3) is 2.67. The number of aromatic nitrogens is 1. The summed E-state index contributed by atoms with van der Waals surface area (Å²) in [5, 5.41) is 0. The standard InChI is InChI=1S/C13H17N3O2/c1-10(17)12-5-4-11(8-14-12)16-7-3-6-15(2)13(18)9-16/h4-5,8H,3,6-7,9H2,1-2H3. The Morgan fingerprint density at radius 2 is 2.11 bits per heavy atom. The zero-order valence-electron chi connectivity index (χ0n) is 10.7. The maximum absolute atomic E-state index is 11.8. The smallest absolute Gasteiger partial charge is 0.241 e. The van der Waals surface area contributed by atoms with Crippen molar-refractivity contribution in [3.8, 4) is 0 Å². The van der Waals surface area contributed by atoms with Crippen molar-refractivity contribution in [2.45, 2.75) is 13.3 Å². The van der Waals surface area contributed by atoms with Gasteiger partial charge in [0.25, 0.3) is 0 Å². The van der Waals surface area contributed by atoms with Gasteiger partial charge in [0.05, 0.1) is 18.4 Å². The largest absolute Gasteiger partial charge is 0.361 e. The number of rotatable bonds is 2. The van der Waals surface area contributed by atoms with Crippen LogP contribution in [-0.4, -0.2) is 48.3 Å². The molecular weight excluding hydrogens is 230 g/mol. The molecule has 5 nitrogen and oxygen atoms in total. The number of anilines is 1. The van der Waals surface area contributed by atoms with Crippen LogP contribution in [-0.2, 0) is 4.79 Å². The van der Waals surface area contributed by atoms with Gasteiger partial charge in [-0.1, -0.05) is 0 Å². The van der Waals surface area contributed by atoms with E-state index in [4.69, 9.17) is 0 Å². The molecule has 2 rings (SSSR count). The normalized spacial score (nSPS) is 16.7. The molecule has 1 aromatic heterocycles. The second-order valence-corrected chi connectivity index (χ2v) is 4.55. The van der Waals surface area contributed by atoms with Crippen LogP contribution >= 0.6 is 0 Å². The van der Waals surface area contributed by atoms with Gasteiger partial charge >= 0.3 is 0 Å². The van der Waals surface area contributed by atoms with Gasteiger partial charge in [0.1, 0.15) is 5.69 Å². The first-order chi connectivity index (χ1) is 8.58. The van der Waals surface area contributed by atoms with Crippen LogP contribution in [0.15, 0.2) is 18.3 Å². The van der Waals surface area contributed by atoms with Crippen molar-refractivity contribution in [1.29, 1.82) is 0 Å². The molecule has 1 aliphatic heterocycles. The monoisotopic (exact) mass is 247 g/mol. The van der Waals surface area contributed by atoms with Gasteiger partial charge in [0, 0.05) is 27.1 Å². The molecule has 18 heavy (non-hydrogen) atoms. The Morgan fingerprint density at radius 3 is 2.72 bits per heavy atom. The second kappa shape index (κ2) is 5.16. The number of nitrogens with zero attached hydrogens (tertiary/aromatic N) is 3. The highest BCUT2D eigenvalue weighted by atomic mass is 16.2. The van der Waals surface area contributed by atoms with Crippen molar-refractivity contribution >= 4 is 17.4 Å². The first-order valence-corrected chi connectivity index (χ1v) is 6.04. The molecule has 0 saturated carbocycles. The molecule has 0 aromatic carbocycles. The Balaban J connectivity index is 2.15. The van der Waals surface area contributed by atoms with Gasteiger partial charge in [0.2, 0.25) is 5.91 Å². The summed E-state index contributed by atoms with van der Waals surface area (Å²) < 4.78 is 0. The van der Waals surface area contributed by atoms with Crippen LogP contribution in [0.2, 0.25) is 0 Å². The molecule has 0 bridgehead atoms. The third-order valence-electron chi connectivity index (χ3n) is 3.15. The number of likely N-dealkylation sites (N-methyl/N-ethyl adjacent to an activating group) is 1. The van der Waals surface area contributed by atoms with E-state index < -0.39 is 0 Å². The van der Waals surface area contributed by atoms with E-state index in [0.717, 1.165) is 25.2 Å². The van der Waals surface area contributed by atoms with E-state index in [0.29, 0.717) is 12.2 Å². The summed E-state index contributed by atoms with van der Waals surface area (Å²) in [7, 11) is 1.82. The van der Waals surface area contributed by atoms with E-state index in [-0.39, 0.29) is 11.7 Å². The Bertz CT molecular complexity index is 456. The molecule has 0 spiro atoms. The van der Waals surface area contributed by atoms with E-state index in [1.807, 2.05) is 18.0 Å². The van der Waals surface area contributed by atoms with Crippen molar-refractivity contribution in [2.75, 3.05) is 31.6 Å². The fraction of sp³-hybridized carbons (Fsp3) is 0.462. The number of carbonyl (C=O) groups excluding carboxylic acids is 2. The summed E-state index contributed by atoms with van der Waals surface area (Å²) >= 11 is 0. The molecule has 0 aliphatic carbocycles. The van der Waals surface area contributed by atoms with Gasteiger partial charge in [0.15, 0.2) is 5.78 Å². The first kappa shape index (κ1) is 12.5. The van der Waals surface area contributed by atoms with E-state index in [2.05, 4.69) is 4.98 Å². The number of hydrogen-bond donors (Lipinski definition) is 0. The molecule has 0 unspecified atom stereocenters. The summed E-state index contributed by atoms with van der Waals surface area (Å²) in [6.45, 7) is 3.48. The van der Waals surface area contributed by atoms with Gasteiger partial charge in [-0.25, -0.2) is 0 Å². The van der Waals surface area contributed by atoms with Crippen molar-refractivity contribution < 1.29 is 9.59 Å². The van der Waals surface area contributed by atoms with Crippen LogP contribution in [0.1, 0.15) is 23.8 Å². The lowest BCUT2D eigenvalue weighted by Crippen LogP contribution is -2.34. The predicted octanol–water partition coefficient (Wildman–Crippen LogP) is 0.953. The molecule has 0 N–H and O–H groups in total. The van der Waals surface area contributed by atoms with Crippen molar-refractivity contribution in [1.82, 2.24) is 9.88 Å². The maximum Gasteiger partial charge on any atom is 0.241 e. The highest BCUT2D eigenvalue weighted by Crippen LogP contribution is 2.16. The molecule has 1 amide bonds. The minimum atomic E-state index is -0.0479. The number of ketones is 1. The van der Waals surface area contributed by atoms with Crippen molar-refractivity contribution in [2.24, 2.45) is 0 Å². The van der Waals surface area contributed by atoms with Gasteiger partial charge in [-0.15, -0.1) is 0 Å². The topological polar surface area (TPSA) is 53.5 Å². The first-order valence-electron chi connectivity index (χ1n) is 6.04. The van der Waals surface area contributed by atoms with Gasteiger partial charge in [-0.2, -0.15) is 0 Å². The van der Waals surface area contributed by atoms with Gasteiger partial charge in [-0.3, -0.25) is 14.6 Å². The van der Waals surface area contributed by atoms with Crippen LogP contribution in [0.3, 0.4) is 0 Å². The van der Waals surface area contributed by atoms with Gasteiger partial charge in [-0.05, 0) is 18.6 Å². The molecule has 0 radical (unpaired) electrons. The highest BCUT2D eigenvalue weighted by molar-refractivity contribution is 5.92. The molecule has 1 aromatic rings. The number of hydrogen-bond acceptors (Lipinski definition) is 4. The van der Waals surface area contributed by atoms with Crippen LogP contribution in [0.4, 0.5) is 5.69 Å². The summed E-state index contributed by atoms with van der Waals surface area (Å²) in [4.78, 5) is 30.8. The summed E-state index contributed by atoms with van der Waals surface area (Å²) in [6, 6.07) is 3.55. The van der Waals surface area contributed by atoms with Crippen molar-refractivity contribution in [3.05, 3.63) is 24.0 Å². The number of carbonyl (C=O) groups is 2. The average molecular weight is 247 g/mol. The number of amides is 1. The third-order valence-corrected chi connectivity index (χ3v) is 3.15. The van der Waals surface area contributed by atoms with Crippen LogP contribution in [0.5, 0.6) is 0 Å². The van der Waals surface area contributed by atoms with Gasteiger partial charge < -0.3 is 9.80 Å². The SMILES string of the molecule is CC(=O)c1ccc(N2CCCN(C)C(=O)C2)cn1. The van der Waals surface area contributed by atoms with E-state index in [1.165, 1.54) is 6.92 Å². The lowest BCUT2D eigenvalue weighted by molar-refractivity contribution is -0.127. The molecule has 1 fully saturated rings.